The predicted molar refractivity (Wildman–Crippen MR) is 80.3 cm³/mol. The van der Waals surface area contributed by atoms with Crippen molar-refractivity contribution >= 4 is 34.2 Å². The molecule has 0 atom stereocenters. The topological polar surface area (TPSA) is 46.9 Å². The van der Waals surface area contributed by atoms with Crippen LogP contribution in [-0.4, -0.2) is 15.8 Å². The average molecular weight is 304 g/mol. The molecule has 1 N–H and O–H groups in total. The van der Waals surface area contributed by atoms with Crippen molar-refractivity contribution in [3.05, 3.63) is 59.0 Å². The Morgan fingerprint density at radius 2 is 2.10 bits per heavy atom. The van der Waals surface area contributed by atoms with E-state index in [9.17, 15) is 9.18 Å². The van der Waals surface area contributed by atoms with Crippen molar-refractivity contribution in [2.24, 2.45) is 0 Å². The van der Waals surface area contributed by atoms with Gasteiger partial charge in [0.15, 0.2) is 0 Å². The Hall–Kier alpha value is -2.40. The molecule has 3 rings (SSSR count). The van der Waals surface area contributed by atoms with E-state index >= 15 is 0 Å². The van der Waals surface area contributed by atoms with Gasteiger partial charge in [0.2, 0.25) is 0 Å². The maximum atomic E-state index is 13.1. The van der Waals surface area contributed by atoms with Crippen LogP contribution in [0.3, 0.4) is 0 Å². The van der Waals surface area contributed by atoms with Crippen molar-refractivity contribution in [2.45, 2.75) is 6.92 Å². The molecule has 2 aromatic carbocycles. The number of nitrogens with zero attached hydrogens (tertiary/aromatic N) is 2. The number of carbonyl (C=O) groups is 1. The molecule has 0 fully saturated rings. The third-order valence-electron chi connectivity index (χ3n) is 3.09. The van der Waals surface area contributed by atoms with E-state index in [4.69, 9.17) is 11.6 Å². The molecular weight excluding hydrogens is 293 g/mol. The zero-order valence-corrected chi connectivity index (χ0v) is 11.9. The summed E-state index contributed by atoms with van der Waals surface area (Å²) in [5, 5.41) is 7.53. The molecule has 6 heteroatoms. The number of aryl methyl sites for hydroxylation is 1. The van der Waals surface area contributed by atoms with Crippen molar-refractivity contribution in [3.63, 3.8) is 0 Å². The van der Waals surface area contributed by atoms with E-state index in [1.54, 1.807) is 6.20 Å². The zero-order valence-electron chi connectivity index (χ0n) is 11.1. The number of hydrogen-bond acceptors (Lipinski definition) is 2. The molecule has 0 aliphatic carbocycles. The molecule has 106 valence electrons. The fraction of sp³-hybridized carbons (Fsp3) is 0.0667. The first-order valence-corrected chi connectivity index (χ1v) is 6.63. The number of nitrogens with one attached hydrogen (secondary N) is 1. The number of fused-ring (bicyclic) bond motifs is 1. The average Bonchev–Trinajstić information content (AvgIpc) is 2.85. The summed E-state index contributed by atoms with van der Waals surface area (Å²) < 4.78 is 14.3. The van der Waals surface area contributed by atoms with Crippen molar-refractivity contribution < 1.29 is 9.18 Å². The summed E-state index contributed by atoms with van der Waals surface area (Å²) >= 11 is 5.69. The van der Waals surface area contributed by atoms with E-state index < -0.39 is 11.8 Å². The van der Waals surface area contributed by atoms with Gasteiger partial charge in [0, 0.05) is 11.1 Å². The summed E-state index contributed by atoms with van der Waals surface area (Å²) in [7, 11) is 0. The minimum atomic E-state index is -0.533. The lowest BCUT2D eigenvalue weighted by Crippen LogP contribution is -2.20. The lowest BCUT2D eigenvalue weighted by Gasteiger charge is -2.06. The molecule has 4 nitrogen and oxygen atoms in total. The molecule has 0 saturated carbocycles. The van der Waals surface area contributed by atoms with Crippen LogP contribution in [0.25, 0.3) is 10.9 Å². The van der Waals surface area contributed by atoms with E-state index in [0.29, 0.717) is 11.2 Å². The Balaban J connectivity index is 1.91. The maximum absolute atomic E-state index is 13.1. The molecule has 0 aliphatic rings. The molecule has 0 saturated heterocycles. The van der Waals surface area contributed by atoms with Gasteiger partial charge in [-0.2, -0.15) is 9.78 Å². The number of carbonyl (C=O) groups excluding carboxylic acids is 1. The van der Waals surface area contributed by atoms with Gasteiger partial charge in [-0.25, -0.2) is 9.18 Å². The number of hydrogen-bond donors (Lipinski definition) is 1. The van der Waals surface area contributed by atoms with Crippen LogP contribution in [0.4, 0.5) is 14.9 Å². The van der Waals surface area contributed by atoms with Crippen LogP contribution < -0.4 is 5.32 Å². The van der Waals surface area contributed by atoms with Crippen molar-refractivity contribution in [3.8, 4) is 0 Å². The van der Waals surface area contributed by atoms with Gasteiger partial charge in [-0.1, -0.05) is 23.2 Å². The highest BCUT2D eigenvalue weighted by molar-refractivity contribution is 6.31. The van der Waals surface area contributed by atoms with Gasteiger partial charge in [-0.3, -0.25) is 0 Å². The van der Waals surface area contributed by atoms with Crippen molar-refractivity contribution in [2.75, 3.05) is 5.32 Å². The van der Waals surface area contributed by atoms with E-state index in [-0.39, 0.29) is 5.02 Å². The van der Waals surface area contributed by atoms with Gasteiger partial charge in [0.25, 0.3) is 0 Å². The first-order valence-electron chi connectivity index (χ1n) is 6.25. The minimum Gasteiger partial charge on any atom is -0.306 e. The minimum absolute atomic E-state index is 0.0475. The van der Waals surface area contributed by atoms with Gasteiger partial charge >= 0.3 is 6.03 Å². The molecular formula is C15H11ClFN3O. The van der Waals surface area contributed by atoms with Gasteiger partial charge in [-0.05, 0) is 37.3 Å². The Bertz CT molecular complexity index is 844. The van der Waals surface area contributed by atoms with Gasteiger partial charge < -0.3 is 5.32 Å². The molecule has 1 amide bonds. The molecule has 0 bridgehead atoms. The molecule has 1 heterocycles. The van der Waals surface area contributed by atoms with Gasteiger partial charge in [0.1, 0.15) is 5.82 Å². The van der Waals surface area contributed by atoms with Gasteiger partial charge in [-0.15, -0.1) is 0 Å². The molecule has 21 heavy (non-hydrogen) atoms. The summed E-state index contributed by atoms with van der Waals surface area (Å²) in [4.78, 5) is 12.2. The highest BCUT2D eigenvalue weighted by Gasteiger charge is 2.11. The summed E-state index contributed by atoms with van der Waals surface area (Å²) in [6, 6.07) is 9.23. The monoisotopic (exact) mass is 303 g/mol. The normalized spacial score (nSPS) is 10.8. The molecule has 0 aliphatic heterocycles. The van der Waals surface area contributed by atoms with Crippen LogP contribution in [0, 0.1) is 12.7 Å². The number of rotatable bonds is 1. The van der Waals surface area contributed by atoms with Crippen LogP contribution in [0.5, 0.6) is 0 Å². The fourth-order valence-corrected chi connectivity index (χ4v) is 2.25. The molecule has 0 spiro atoms. The number of anilines is 1. The van der Waals surface area contributed by atoms with Crippen LogP contribution in [0.2, 0.25) is 5.02 Å². The van der Waals surface area contributed by atoms with Crippen LogP contribution in [0.15, 0.2) is 42.6 Å². The Labute approximate surface area is 125 Å². The Kier molecular flexibility index (Phi) is 3.35. The molecule has 0 radical (unpaired) electrons. The first kappa shape index (κ1) is 13.6. The largest absolute Gasteiger partial charge is 0.347 e. The highest BCUT2D eigenvalue weighted by Crippen LogP contribution is 2.20. The fourth-order valence-electron chi connectivity index (χ4n) is 2.06. The van der Waals surface area contributed by atoms with Crippen LogP contribution in [-0.2, 0) is 0 Å². The number of halogens is 2. The second-order valence-corrected chi connectivity index (χ2v) is 5.08. The highest BCUT2D eigenvalue weighted by atomic mass is 35.5. The summed E-state index contributed by atoms with van der Waals surface area (Å²) in [5.74, 6) is -0.533. The maximum Gasteiger partial charge on any atom is 0.347 e. The number of amides is 1. The summed E-state index contributed by atoms with van der Waals surface area (Å²) in [5.41, 5.74) is 2.20. The zero-order chi connectivity index (χ0) is 15.0. The second kappa shape index (κ2) is 5.18. The summed E-state index contributed by atoms with van der Waals surface area (Å²) in [6.45, 7) is 1.97. The van der Waals surface area contributed by atoms with E-state index in [1.807, 2.05) is 25.1 Å². The lowest BCUT2D eigenvalue weighted by molar-refractivity contribution is 0.252. The molecule has 0 unspecified atom stereocenters. The van der Waals surface area contributed by atoms with Crippen molar-refractivity contribution in [1.29, 1.82) is 0 Å². The predicted octanol–water partition coefficient (Wildman–Crippen LogP) is 4.22. The lowest BCUT2D eigenvalue weighted by atomic mass is 10.2. The van der Waals surface area contributed by atoms with E-state index in [0.717, 1.165) is 10.9 Å². The Morgan fingerprint density at radius 1 is 1.29 bits per heavy atom. The third kappa shape index (κ3) is 2.60. The number of aromatic nitrogens is 2. The molecule has 3 aromatic rings. The first-order chi connectivity index (χ1) is 10.0. The van der Waals surface area contributed by atoms with Crippen LogP contribution >= 0.6 is 11.6 Å². The van der Waals surface area contributed by atoms with E-state index in [2.05, 4.69) is 10.4 Å². The van der Waals surface area contributed by atoms with Gasteiger partial charge in [0.05, 0.1) is 16.7 Å². The Morgan fingerprint density at radius 3 is 2.86 bits per heavy atom. The number of benzene rings is 2. The van der Waals surface area contributed by atoms with Crippen LogP contribution in [0.1, 0.15) is 5.56 Å². The molecule has 1 aromatic heterocycles. The van der Waals surface area contributed by atoms with Crippen molar-refractivity contribution in [1.82, 2.24) is 9.78 Å². The standard InChI is InChI=1S/C15H11ClFN3O/c1-9-2-5-14-10(6-9)8-18-20(14)15(21)19-11-3-4-13(17)12(16)7-11/h2-8H,1H3,(H,19,21). The third-order valence-corrected chi connectivity index (χ3v) is 3.38. The quantitative estimate of drug-likeness (QED) is 0.731. The van der Waals surface area contributed by atoms with E-state index in [1.165, 1.54) is 22.9 Å². The second-order valence-electron chi connectivity index (χ2n) is 4.68. The summed E-state index contributed by atoms with van der Waals surface area (Å²) in [6.07, 6.45) is 1.62. The SMILES string of the molecule is Cc1ccc2c(cnn2C(=O)Nc2ccc(F)c(Cl)c2)c1. The smallest absolute Gasteiger partial charge is 0.306 e.